The minimum Gasteiger partial charge on any atom is -0.380 e. The predicted octanol–water partition coefficient (Wildman–Crippen LogP) is 2.26. The Hall–Kier alpha value is -0.650. The number of rotatable bonds is 4. The van der Waals surface area contributed by atoms with E-state index in [2.05, 4.69) is 26.2 Å². The fourth-order valence-corrected chi connectivity index (χ4v) is 1.52. The molecule has 16 heavy (non-hydrogen) atoms. The summed E-state index contributed by atoms with van der Waals surface area (Å²) in [6.45, 7) is 2.29. The van der Waals surface area contributed by atoms with E-state index in [1.165, 1.54) is 6.20 Å². The second-order valence-corrected chi connectivity index (χ2v) is 4.52. The highest BCUT2D eigenvalue weighted by Crippen LogP contribution is 2.17. The summed E-state index contributed by atoms with van der Waals surface area (Å²) >= 11 is 9.05. The van der Waals surface area contributed by atoms with Crippen LogP contribution in [0.5, 0.6) is 0 Å². The van der Waals surface area contributed by atoms with Crippen molar-refractivity contribution >= 4 is 33.4 Å². The van der Waals surface area contributed by atoms with Crippen molar-refractivity contribution < 1.29 is 9.53 Å². The van der Waals surface area contributed by atoms with Gasteiger partial charge in [0.05, 0.1) is 11.7 Å². The lowest BCUT2D eigenvalue weighted by Crippen LogP contribution is -2.31. The van der Waals surface area contributed by atoms with Crippen molar-refractivity contribution in [3.63, 3.8) is 0 Å². The smallest absolute Gasteiger partial charge is 0.254 e. The standard InChI is InChI=1S/C10H12BrClN2O2/c1-6(16-2)4-14-10(15)8-3-7(11)5-13-9(8)12/h3,5-6H,4H2,1-2H3,(H,14,15). The molecule has 1 rings (SSSR count). The molecule has 0 fully saturated rings. The third-order valence-corrected chi connectivity index (χ3v) is 2.74. The molecule has 1 heterocycles. The van der Waals surface area contributed by atoms with Crippen LogP contribution in [0.25, 0.3) is 0 Å². The molecule has 0 saturated carbocycles. The fourth-order valence-electron chi connectivity index (χ4n) is 0.997. The minimum absolute atomic E-state index is 0.0390. The molecule has 1 amide bonds. The van der Waals surface area contributed by atoms with E-state index in [9.17, 15) is 4.79 Å². The Kier molecular flexibility index (Phi) is 5.18. The molecule has 0 radical (unpaired) electrons. The summed E-state index contributed by atoms with van der Waals surface area (Å²) < 4.78 is 5.73. The van der Waals surface area contributed by atoms with E-state index in [1.54, 1.807) is 13.2 Å². The number of halogens is 2. The number of nitrogens with one attached hydrogen (secondary N) is 1. The Labute approximate surface area is 107 Å². The molecular weight excluding hydrogens is 295 g/mol. The zero-order valence-electron chi connectivity index (χ0n) is 8.96. The van der Waals surface area contributed by atoms with E-state index < -0.39 is 0 Å². The average molecular weight is 308 g/mol. The molecule has 1 aromatic heterocycles. The van der Waals surface area contributed by atoms with Gasteiger partial charge in [0.2, 0.25) is 0 Å². The fraction of sp³-hybridized carbons (Fsp3) is 0.400. The number of amides is 1. The van der Waals surface area contributed by atoms with Crippen LogP contribution in [0.15, 0.2) is 16.7 Å². The lowest BCUT2D eigenvalue weighted by Gasteiger charge is -2.11. The van der Waals surface area contributed by atoms with Crippen LogP contribution in [0, 0.1) is 0 Å². The van der Waals surface area contributed by atoms with Crippen molar-refractivity contribution in [2.75, 3.05) is 13.7 Å². The third kappa shape index (κ3) is 3.73. The van der Waals surface area contributed by atoms with Crippen molar-refractivity contribution in [2.45, 2.75) is 13.0 Å². The highest BCUT2D eigenvalue weighted by Gasteiger charge is 2.12. The Morgan fingerprint density at radius 3 is 3.06 bits per heavy atom. The molecule has 88 valence electrons. The highest BCUT2D eigenvalue weighted by molar-refractivity contribution is 9.10. The molecule has 4 nitrogen and oxygen atoms in total. The number of aromatic nitrogens is 1. The molecule has 0 aromatic carbocycles. The van der Waals surface area contributed by atoms with Gasteiger partial charge in [-0.3, -0.25) is 4.79 Å². The van der Waals surface area contributed by atoms with E-state index in [0.717, 1.165) is 0 Å². The monoisotopic (exact) mass is 306 g/mol. The van der Waals surface area contributed by atoms with E-state index in [4.69, 9.17) is 16.3 Å². The first kappa shape index (κ1) is 13.4. The summed E-state index contributed by atoms with van der Waals surface area (Å²) in [4.78, 5) is 15.6. The van der Waals surface area contributed by atoms with Gasteiger partial charge in [-0.2, -0.15) is 0 Å². The van der Waals surface area contributed by atoms with Gasteiger partial charge in [-0.05, 0) is 28.9 Å². The van der Waals surface area contributed by atoms with Gasteiger partial charge >= 0.3 is 0 Å². The predicted molar refractivity (Wildman–Crippen MR) is 65.8 cm³/mol. The lowest BCUT2D eigenvalue weighted by molar-refractivity contribution is 0.0870. The van der Waals surface area contributed by atoms with Crippen LogP contribution < -0.4 is 5.32 Å². The van der Waals surface area contributed by atoms with Crippen molar-refractivity contribution in [3.8, 4) is 0 Å². The number of hydrogen-bond acceptors (Lipinski definition) is 3. The van der Waals surface area contributed by atoms with Crippen molar-refractivity contribution in [1.29, 1.82) is 0 Å². The first-order valence-corrected chi connectivity index (χ1v) is 5.83. The molecule has 1 unspecified atom stereocenters. The van der Waals surface area contributed by atoms with Crippen LogP contribution in [-0.2, 0) is 4.74 Å². The second-order valence-electron chi connectivity index (χ2n) is 3.25. The summed E-state index contributed by atoms with van der Waals surface area (Å²) in [7, 11) is 1.59. The van der Waals surface area contributed by atoms with Gasteiger partial charge in [0.25, 0.3) is 5.91 Å². The zero-order valence-corrected chi connectivity index (χ0v) is 11.3. The number of carbonyl (C=O) groups is 1. The van der Waals surface area contributed by atoms with Crippen LogP contribution in [0.2, 0.25) is 5.15 Å². The van der Waals surface area contributed by atoms with Gasteiger partial charge in [0, 0.05) is 24.3 Å². The Morgan fingerprint density at radius 1 is 1.75 bits per heavy atom. The quantitative estimate of drug-likeness (QED) is 0.868. The van der Waals surface area contributed by atoms with E-state index in [0.29, 0.717) is 16.6 Å². The van der Waals surface area contributed by atoms with Crippen LogP contribution in [0.1, 0.15) is 17.3 Å². The number of nitrogens with zero attached hydrogens (tertiary/aromatic N) is 1. The van der Waals surface area contributed by atoms with E-state index in [-0.39, 0.29) is 17.2 Å². The van der Waals surface area contributed by atoms with Gasteiger partial charge < -0.3 is 10.1 Å². The largest absolute Gasteiger partial charge is 0.380 e. The van der Waals surface area contributed by atoms with Crippen LogP contribution in [0.3, 0.4) is 0 Å². The van der Waals surface area contributed by atoms with Gasteiger partial charge in [0.1, 0.15) is 5.15 Å². The van der Waals surface area contributed by atoms with Gasteiger partial charge in [-0.1, -0.05) is 11.6 Å². The normalized spacial score (nSPS) is 12.2. The second kappa shape index (κ2) is 6.18. The van der Waals surface area contributed by atoms with Gasteiger partial charge in [-0.25, -0.2) is 4.98 Å². The van der Waals surface area contributed by atoms with Gasteiger partial charge in [0.15, 0.2) is 0 Å². The first-order chi connectivity index (χ1) is 7.54. The van der Waals surface area contributed by atoms with Crippen LogP contribution in [-0.4, -0.2) is 30.6 Å². The lowest BCUT2D eigenvalue weighted by atomic mass is 10.2. The van der Waals surface area contributed by atoms with Gasteiger partial charge in [-0.15, -0.1) is 0 Å². The summed E-state index contributed by atoms with van der Waals surface area (Å²) in [5.41, 5.74) is 0.347. The number of carbonyl (C=O) groups excluding carboxylic acids is 1. The Balaban J connectivity index is 2.69. The third-order valence-electron chi connectivity index (χ3n) is 2.00. The topological polar surface area (TPSA) is 51.2 Å². The number of methoxy groups -OCH3 is 1. The molecule has 0 aliphatic carbocycles. The number of ether oxygens (including phenoxy) is 1. The summed E-state index contributed by atoms with van der Waals surface area (Å²) in [5.74, 6) is -0.261. The van der Waals surface area contributed by atoms with Crippen molar-refractivity contribution in [1.82, 2.24) is 10.3 Å². The molecule has 1 aromatic rings. The molecule has 6 heteroatoms. The number of hydrogen-bond donors (Lipinski definition) is 1. The van der Waals surface area contributed by atoms with Crippen molar-refractivity contribution in [3.05, 3.63) is 27.5 Å². The molecule has 0 bridgehead atoms. The van der Waals surface area contributed by atoms with E-state index >= 15 is 0 Å². The molecule has 0 aliphatic rings. The zero-order chi connectivity index (χ0) is 12.1. The molecular formula is C10H12BrClN2O2. The molecule has 0 aliphatic heterocycles. The summed E-state index contributed by atoms with van der Waals surface area (Å²) in [6.07, 6.45) is 1.50. The van der Waals surface area contributed by atoms with Crippen LogP contribution >= 0.6 is 27.5 Å². The highest BCUT2D eigenvalue weighted by atomic mass is 79.9. The molecule has 0 saturated heterocycles. The van der Waals surface area contributed by atoms with Crippen LogP contribution in [0.4, 0.5) is 0 Å². The Morgan fingerprint density at radius 2 is 2.44 bits per heavy atom. The first-order valence-electron chi connectivity index (χ1n) is 4.66. The molecule has 0 spiro atoms. The maximum absolute atomic E-state index is 11.7. The maximum atomic E-state index is 11.7. The summed E-state index contributed by atoms with van der Waals surface area (Å²) in [6, 6.07) is 1.63. The molecule has 1 atom stereocenters. The number of pyridine rings is 1. The summed E-state index contributed by atoms with van der Waals surface area (Å²) in [5, 5.41) is 2.89. The SMILES string of the molecule is COC(C)CNC(=O)c1cc(Br)cnc1Cl. The molecule has 1 N–H and O–H groups in total. The minimum atomic E-state index is -0.261. The van der Waals surface area contributed by atoms with Crippen molar-refractivity contribution in [2.24, 2.45) is 0 Å². The van der Waals surface area contributed by atoms with E-state index in [1.807, 2.05) is 6.92 Å². The Bertz CT molecular complexity index is 387. The average Bonchev–Trinajstić information content (AvgIpc) is 2.28. The maximum Gasteiger partial charge on any atom is 0.254 e.